The lowest BCUT2D eigenvalue weighted by Gasteiger charge is -2.39. The van der Waals surface area contributed by atoms with Crippen molar-refractivity contribution >= 4 is 22.4 Å². The van der Waals surface area contributed by atoms with Gasteiger partial charge in [0.05, 0.1) is 11.8 Å². The topological polar surface area (TPSA) is 90.3 Å². The van der Waals surface area contributed by atoms with E-state index in [1.54, 1.807) is 30.5 Å². The van der Waals surface area contributed by atoms with Gasteiger partial charge in [-0.05, 0) is 68.6 Å². The number of hydrogen-bond donors (Lipinski definition) is 2. The molecule has 9 heteroatoms. The van der Waals surface area contributed by atoms with Crippen molar-refractivity contribution in [2.24, 2.45) is 0 Å². The molecule has 1 aliphatic carbocycles. The van der Waals surface area contributed by atoms with Crippen LogP contribution in [-0.4, -0.2) is 55.1 Å². The number of carbonyl (C=O) groups is 1. The minimum absolute atomic E-state index is 0.00907. The van der Waals surface area contributed by atoms with E-state index in [-0.39, 0.29) is 35.7 Å². The molecule has 3 aromatic rings. The zero-order chi connectivity index (χ0) is 27.2. The van der Waals surface area contributed by atoms with Gasteiger partial charge in [0.1, 0.15) is 11.4 Å². The Balaban J connectivity index is 1.73. The van der Waals surface area contributed by atoms with Gasteiger partial charge in [-0.3, -0.25) is 9.78 Å². The number of ether oxygens (including phenoxy) is 1. The predicted molar refractivity (Wildman–Crippen MR) is 143 cm³/mol. The summed E-state index contributed by atoms with van der Waals surface area (Å²) < 4.78 is 31.2. The lowest BCUT2D eigenvalue weighted by atomic mass is 9.76. The molecule has 0 aliphatic heterocycles. The lowest BCUT2D eigenvalue weighted by Crippen LogP contribution is -2.46. The maximum Gasteiger partial charge on any atom is 0.387 e. The summed E-state index contributed by atoms with van der Waals surface area (Å²) in [6.45, 7) is 0.767. The largest absolute Gasteiger partial charge is 0.433 e. The van der Waals surface area contributed by atoms with Crippen LogP contribution in [0.2, 0.25) is 0 Å². The Labute approximate surface area is 221 Å². The number of amides is 1. The molecule has 0 bridgehead atoms. The summed E-state index contributed by atoms with van der Waals surface area (Å²) >= 11 is 0. The fourth-order valence-corrected chi connectivity index (χ4v) is 5.06. The molecule has 2 N–H and O–H groups in total. The number of nitriles is 1. The van der Waals surface area contributed by atoms with Gasteiger partial charge >= 0.3 is 6.61 Å². The van der Waals surface area contributed by atoms with Crippen LogP contribution in [0.5, 0.6) is 5.75 Å². The summed E-state index contributed by atoms with van der Waals surface area (Å²) in [7, 11) is 4.10. The number of rotatable bonds is 9. The van der Waals surface area contributed by atoms with Crippen LogP contribution in [0.15, 0.2) is 66.9 Å². The molecule has 0 spiro atoms. The lowest BCUT2D eigenvalue weighted by molar-refractivity contribution is -0.0492. The summed E-state index contributed by atoms with van der Waals surface area (Å²) in [4.78, 5) is 19.4. The van der Waals surface area contributed by atoms with E-state index in [2.05, 4.69) is 27.1 Å². The Morgan fingerprint density at radius 2 is 2.03 bits per heavy atom. The van der Waals surface area contributed by atoms with E-state index in [9.17, 15) is 13.6 Å². The van der Waals surface area contributed by atoms with Gasteiger partial charge in [0.15, 0.2) is 0 Å². The molecular formula is C29H31F2N5O2. The van der Waals surface area contributed by atoms with Crippen LogP contribution in [0, 0.1) is 11.3 Å². The van der Waals surface area contributed by atoms with E-state index in [4.69, 9.17) is 10.00 Å². The van der Waals surface area contributed by atoms with Crippen molar-refractivity contribution in [2.45, 2.75) is 43.9 Å². The summed E-state index contributed by atoms with van der Waals surface area (Å²) in [5.41, 5.74) is 1.97. The van der Waals surface area contributed by atoms with Crippen LogP contribution < -0.4 is 15.4 Å². The Bertz CT molecular complexity index is 1340. The van der Waals surface area contributed by atoms with Crippen LogP contribution in [0.1, 0.15) is 41.2 Å². The first-order chi connectivity index (χ1) is 18.3. The number of fused-ring (bicyclic) bond motifs is 1. The monoisotopic (exact) mass is 519 g/mol. The number of pyridine rings is 1. The van der Waals surface area contributed by atoms with Gasteiger partial charge in [0.2, 0.25) is 0 Å². The van der Waals surface area contributed by atoms with Crippen molar-refractivity contribution in [3.8, 4) is 11.8 Å². The van der Waals surface area contributed by atoms with Gasteiger partial charge in [0, 0.05) is 41.7 Å². The number of anilines is 1. The number of nitrogens with one attached hydrogen (secondary N) is 2. The quantitative estimate of drug-likeness (QED) is 0.372. The highest BCUT2D eigenvalue weighted by molar-refractivity contribution is 5.98. The van der Waals surface area contributed by atoms with E-state index in [0.717, 1.165) is 30.2 Å². The zero-order valence-corrected chi connectivity index (χ0v) is 21.5. The SMILES string of the molecule is C=C(C#N)CNc1c(OC(F)F)ccc2ccc([C@H]3C[C@H](N(C)C)CC[C@H]3NC(=O)c3ccccn3)cc12. The van der Waals surface area contributed by atoms with Crippen LogP contribution in [0.3, 0.4) is 0 Å². The predicted octanol–water partition coefficient (Wildman–Crippen LogP) is 5.32. The molecular weight excluding hydrogens is 488 g/mol. The third-order valence-corrected chi connectivity index (χ3v) is 7.06. The molecule has 38 heavy (non-hydrogen) atoms. The van der Waals surface area contributed by atoms with Gasteiger partial charge in [-0.25, -0.2) is 0 Å². The Kier molecular flexibility index (Phi) is 8.54. The van der Waals surface area contributed by atoms with Crippen molar-refractivity contribution in [3.05, 3.63) is 78.1 Å². The molecule has 2 aromatic carbocycles. The van der Waals surface area contributed by atoms with Crippen molar-refractivity contribution in [3.63, 3.8) is 0 Å². The van der Waals surface area contributed by atoms with Crippen LogP contribution >= 0.6 is 0 Å². The zero-order valence-electron chi connectivity index (χ0n) is 21.5. The van der Waals surface area contributed by atoms with Crippen molar-refractivity contribution in [2.75, 3.05) is 26.0 Å². The number of benzene rings is 2. The highest BCUT2D eigenvalue weighted by Gasteiger charge is 2.34. The second-order valence-corrected chi connectivity index (χ2v) is 9.70. The number of nitrogens with zero attached hydrogens (tertiary/aromatic N) is 3. The fourth-order valence-electron chi connectivity index (χ4n) is 5.06. The highest BCUT2D eigenvalue weighted by Crippen LogP contribution is 2.40. The number of alkyl halides is 2. The third-order valence-electron chi connectivity index (χ3n) is 7.06. The van der Waals surface area contributed by atoms with Gasteiger partial charge < -0.3 is 20.3 Å². The minimum Gasteiger partial charge on any atom is -0.433 e. The van der Waals surface area contributed by atoms with Gasteiger partial charge in [-0.1, -0.05) is 30.8 Å². The van der Waals surface area contributed by atoms with E-state index < -0.39 is 6.61 Å². The molecule has 1 aromatic heterocycles. The third kappa shape index (κ3) is 6.26. The van der Waals surface area contributed by atoms with E-state index in [1.165, 1.54) is 6.07 Å². The molecule has 7 nitrogen and oxygen atoms in total. The summed E-state index contributed by atoms with van der Waals surface area (Å²) in [5.74, 6) is -0.255. The first-order valence-corrected chi connectivity index (χ1v) is 12.5. The number of carbonyl (C=O) groups excluding carboxylic acids is 1. The first kappa shape index (κ1) is 27.0. The normalized spacial score (nSPS) is 19.2. The van der Waals surface area contributed by atoms with Gasteiger partial charge in [0.25, 0.3) is 5.91 Å². The standard InChI is InChI=1S/C29H31F2N5O2/c1-18(16-32)17-34-27-23-14-20(8-7-19(23)9-12-26(27)38-29(30)31)22-15-21(36(2)3)10-11-24(22)35-28(37)25-6-4-5-13-33-25/h4-9,12-14,21-22,24,29,34H,1,10-11,15,17H2,2-3H3,(H,35,37)/t21-,22-,24-/m1/s1. The fraction of sp³-hybridized carbons (Fsp3) is 0.345. The maximum absolute atomic E-state index is 13.2. The Morgan fingerprint density at radius 3 is 2.71 bits per heavy atom. The molecule has 3 atom stereocenters. The summed E-state index contributed by atoms with van der Waals surface area (Å²) in [5, 5.41) is 16.9. The molecule has 1 saturated carbocycles. The first-order valence-electron chi connectivity index (χ1n) is 12.5. The molecule has 198 valence electrons. The highest BCUT2D eigenvalue weighted by atomic mass is 19.3. The van der Waals surface area contributed by atoms with Gasteiger partial charge in [-0.15, -0.1) is 0 Å². The molecule has 1 heterocycles. The molecule has 0 saturated heterocycles. The number of halogens is 2. The van der Waals surface area contributed by atoms with Crippen molar-refractivity contribution in [1.29, 1.82) is 5.26 Å². The maximum atomic E-state index is 13.2. The second kappa shape index (κ2) is 12.0. The van der Waals surface area contributed by atoms with Crippen molar-refractivity contribution in [1.82, 2.24) is 15.2 Å². The second-order valence-electron chi connectivity index (χ2n) is 9.70. The van der Waals surface area contributed by atoms with Crippen molar-refractivity contribution < 1.29 is 18.3 Å². The number of aromatic nitrogens is 1. The van der Waals surface area contributed by atoms with E-state index in [0.29, 0.717) is 22.8 Å². The molecule has 1 amide bonds. The minimum atomic E-state index is -3.00. The van der Waals surface area contributed by atoms with Crippen LogP contribution in [-0.2, 0) is 0 Å². The molecule has 1 fully saturated rings. The molecule has 1 aliphatic rings. The molecule has 4 rings (SSSR count). The average Bonchev–Trinajstić information content (AvgIpc) is 2.92. The summed E-state index contributed by atoms with van der Waals surface area (Å²) in [6, 6.07) is 16.5. The molecule has 0 unspecified atom stereocenters. The number of hydrogen-bond acceptors (Lipinski definition) is 6. The average molecular weight is 520 g/mol. The van der Waals surface area contributed by atoms with Gasteiger partial charge in [-0.2, -0.15) is 14.0 Å². The van der Waals surface area contributed by atoms with E-state index >= 15 is 0 Å². The smallest absolute Gasteiger partial charge is 0.387 e. The van der Waals surface area contributed by atoms with Crippen LogP contribution in [0.25, 0.3) is 10.8 Å². The Hall–Kier alpha value is -4.03. The van der Waals surface area contributed by atoms with E-state index in [1.807, 2.05) is 38.4 Å². The molecule has 0 radical (unpaired) electrons. The Morgan fingerprint density at radius 1 is 1.24 bits per heavy atom. The summed E-state index contributed by atoms with van der Waals surface area (Å²) in [6.07, 6.45) is 4.12. The van der Waals surface area contributed by atoms with Crippen LogP contribution in [0.4, 0.5) is 14.5 Å².